The van der Waals surface area contributed by atoms with Gasteiger partial charge in [-0.15, -0.1) is 0 Å². The standard InChI is InChI=1S/C16H23N5O/c1-12(16-18-15(19-22-16)13-6-7-13)21-10-3-2-5-14(21)11-20-9-4-8-17-20/h4,8-9,12-14H,2-3,5-7,10-11H2,1H3/t12-,14-/m0/s1. The molecule has 2 atom stereocenters. The van der Waals surface area contributed by atoms with E-state index >= 15 is 0 Å². The van der Waals surface area contributed by atoms with Crippen molar-refractivity contribution >= 4 is 0 Å². The Morgan fingerprint density at radius 3 is 3.00 bits per heavy atom. The predicted octanol–water partition coefficient (Wildman–Crippen LogP) is 2.76. The SMILES string of the molecule is C[C@@H](c1nc(C2CC2)no1)N1CCCC[C@H]1Cn1cccn1. The van der Waals surface area contributed by atoms with E-state index < -0.39 is 0 Å². The van der Waals surface area contributed by atoms with Crippen LogP contribution in [0, 0.1) is 0 Å². The van der Waals surface area contributed by atoms with Crippen LogP contribution in [0.15, 0.2) is 23.0 Å². The van der Waals surface area contributed by atoms with E-state index in [9.17, 15) is 0 Å². The molecule has 22 heavy (non-hydrogen) atoms. The number of hydrogen-bond acceptors (Lipinski definition) is 5. The zero-order valence-electron chi connectivity index (χ0n) is 13.1. The van der Waals surface area contributed by atoms with Crippen molar-refractivity contribution in [1.82, 2.24) is 24.8 Å². The summed E-state index contributed by atoms with van der Waals surface area (Å²) >= 11 is 0. The van der Waals surface area contributed by atoms with E-state index in [1.165, 1.54) is 32.1 Å². The Bertz CT molecular complexity index is 604. The molecule has 6 heteroatoms. The van der Waals surface area contributed by atoms with Crippen molar-refractivity contribution in [2.24, 2.45) is 0 Å². The van der Waals surface area contributed by atoms with Gasteiger partial charge in [-0.2, -0.15) is 10.1 Å². The molecular weight excluding hydrogens is 278 g/mol. The van der Waals surface area contributed by atoms with Gasteiger partial charge in [0.25, 0.3) is 0 Å². The number of nitrogens with zero attached hydrogens (tertiary/aromatic N) is 5. The van der Waals surface area contributed by atoms with Gasteiger partial charge < -0.3 is 4.52 Å². The minimum absolute atomic E-state index is 0.181. The van der Waals surface area contributed by atoms with E-state index in [4.69, 9.17) is 4.52 Å². The smallest absolute Gasteiger partial charge is 0.243 e. The highest BCUT2D eigenvalue weighted by Gasteiger charge is 2.33. The summed E-state index contributed by atoms with van der Waals surface area (Å²) in [7, 11) is 0. The monoisotopic (exact) mass is 301 g/mol. The molecule has 0 amide bonds. The Balaban J connectivity index is 1.49. The summed E-state index contributed by atoms with van der Waals surface area (Å²) in [5, 5.41) is 8.52. The maximum atomic E-state index is 5.54. The van der Waals surface area contributed by atoms with Crippen LogP contribution in [0.3, 0.4) is 0 Å². The Morgan fingerprint density at radius 1 is 1.32 bits per heavy atom. The Labute approximate surface area is 130 Å². The Hall–Kier alpha value is -1.69. The average molecular weight is 301 g/mol. The molecule has 2 aromatic heterocycles. The van der Waals surface area contributed by atoms with Crippen LogP contribution in [0.2, 0.25) is 0 Å². The fourth-order valence-corrected chi connectivity index (χ4v) is 3.42. The molecule has 1 saturated carbocycles. The highest BCUT2D eigenvalue weighted by molar-refractivity contribution is 5.05. The summed E-state index contributed by atoms with van der Waals surface area (Å²) in [6, 6.07) is 2.65. The van der Waals surface area contributed by atoms with Crippen molar-refractivity contribution in [3.8, 4) is 0 Å². The molecule has 118 valence electrons. The molecule has 1 aliphatic carbocycles. The molecule has 0 N–H and O–H groups in total. The topological polar surface area (TPSA) is 60.0 Å². The summed E-state index contributed by atoms with van der Waals surface area (Å²) in [5.74, 6) is 2.22. The molecule has 2 aliphatic rings. The molecule has 0 unspecified atom stereocenters. The molecule has 0 spiro atoms. The summed E-state index contributed by atoms with van der Waals surface area (Å²) in [6.07, 6.45) is 10.0. The fraction of sp³-hybridized carbons (Fsp3) is 0.688. The van der Waals surface area contributed by atoms with Crippen LogP contribution in [0.1, 0.15) is 62.7 Å². The van der Waals surface area contributed by atoms with Crippen LogP contribution >= 0.6 is 0 Å². The third-order valence-electron chi connectivity index (χ3n) is 4.88. The predicted molar refractivity (Wildman–Crippen MR) is 81.3 cm³/mol. The normalized spacial score (nSPS) is 24.5. The first-order valence-corrected chi connectivity index (χ1v) is 8.38. The van der Waals surface area contributed by atoms with E-state index in [1.807, 2.05) is 23.1 Å². The fourth-order valence-electron chi connectivity index (χ4n) is 3.42. The third kappa shape index (κ3) is 2.79. The van der Waals surface area contributed by atoms with Gasteiger partial charge in [-0.3, -0.25) is 9.58 Å². The van der Waals surface area contributed by atoms with Gasteiger partial charge in [-0.05, 0) is 45.2 Å². The highest BCUT2D eigenvalue weighted by atomic mass is 16.5. The number of rotatable bonds is 5. The van der Waals surface area contributed by atoms with Crippen LogP contribution in [-0.4, -0.2) is 37.4 Å². The van der Waals surface area contributed by atoms with Gasteiger partial charge in [0, 0.05) is 24.4 Å². The van der Waals surface area contributed by atoms with Gasteiger partial charge in [0.2, 0.25) is 5.89 Å². The van der Waals surface area contributed by atoms with Crippen LogP contribution in [0.5, 0.6) is 0 Å². The number of likely N-dealkylation sites (tertiary alicyclic amines) is 1. The maximum Gasteiger partial charge on any atom is 0.243 e. The molecular formula is C16H23N5O. The van der Waals surface area contributed by atoms with Gasteiger partial charge in [-0.25, -0.2) is 0 Å². The Morgan fingerprint density at radius 2 is 2.23 bits per heavy atom. The van der Waals surface area contributed by atoms with Crippen molar-refractivity contribution in [3.05, 3.63) is 30.2 Å². The van der Waals surface area contributed by atoms with Crippen LogP contribution in [0.25, 0.3) is 0 Å². The first-order valence-electron chi connectivity index (χ1n) is 8.38. The van der Waals surface area contributed by atoms with Crippen LogP contribution in [-0.2, 0) is 6.54 Å². The van der Waals surface area contributed by atoms with Crippen molar-refractivity contribution in [1.29, 1.82) is 0 Å². The van der Waals surface area contributed by atoms with Gasteiger partial charge in [0.15, 0.2) is 5.82 Å². The number of hydrogen-bond donors (Lipinski definition) is 0. The van der Waals surface area contributed by atoms with Crippen molar-refractivity contribution < 1.29 is 4.52 Å². The lowest BCUT2D eigenvalue weighted by Crippen LogP contribution is -2.43. The van der Waals surface area contributed by atoms with Gasteiger partial charge in [-0.1, -0.05) is 11.6 Å². The van der Waals surface area contributed by atoms with Crippen molar-refractivity contribution in [2.75, 3.05) is 6.54 Å². The molecule has 2 fully saturated rings. The summed E-state index contributed by atoms with van der Waals surface area (Å²) < 4.78 is 7.57. The quantitative estimate of drug-likeness (QED) is 0.850. The molecule has 2 aromatic rings. The molecule has 1 aliphatic heterocycles. The van der Waals surface area contributed by atoms with E-state index in [2.05, 4.69) is 27.1 Å². The number of aromatic nitrogens is 4. The lowest BCUT2D eigenvalue weighted by molar-refractivity contribution is 0.0719. The lowest BCUT2D eigenvalue weighted by atomic mass is 10.00. The van der Waals surface area contributed by atoms with E-state index in [1.54, 1.807) is 0 Å². The molecule has 6 nitrogen and oxygen atoms in total. The summed E-state index contributed by atoms with van der Waals surface area (Å²) in [5.41, 5.74) is 0. The summed E-state index contributed by atoms with van der Waals surface area (Å²) in [6.45, 7) is 4.21. The van der Waals surface area contributed by atoms with Crippen LogP contribution < -0.4 is 0 Å². The first kappa shape index (κ1) is 13.9. The van der Waals surface area contributed by atoms with Crippen molar-refractivity contribution in [3.63, 3.8) is 0 Å². The molecule has 4 rings (SSSR count). The second-order valence-electron chi connectivity index (χ2n) is 6.56. The van der Waals surface area contributed by atoms with E-state index in [0.717, 1.165) is 24.8 Å². The minimum atomic E-state index is 0.181. The largest absolute Gasteiger partial charge is 0.338 e. The van der Waals surface area contributed by atoms with Crippen molar-refractivity contribution in [2.45, 2.75) is 63.6 Å². The zero-order valence-corrected chi connectivity index (χ0v) is 13.1. The second-order valence-corrected chi connectivity index (χ2v) is 6.56. The lowest BCUT2D eigenvalue weighted by Gasteiger charge is -2.38. The van der Waals surface area contributed by atoms with E-state index in [0.29, 0.717) is 12.0 Å². The summed E-state index contributed by atoms with van der Waals surface area (Å²) in [4.78, 5) is 7.15. The molecule has 0 aromatic carbocycles. The van der Waals surface area contributed by atoms with Gasteiger partial charge >= 0.3 is 0 Å². The maximum absolute atomic E-state index is 5.54. The Kier molecular flexibility index (Phi) is 3.70. The van der Waals surface area contributed by atoms with Gasteiger partial charge in [0.05, 0.1) is 12.6 Å². The highest BCUT2D eigenvalue weighted by Crippen LogP contribution is 2.39. The molecule has 0 radical (unpaired) electrons. The van der Waals surface area contributed by atoms with Gasteiger partial charge in [0.1, 0.15) is 0 Å². The zero-order chi connectivity index (χ0) is 14.9. The first-order chi connectivity index (χ1) is 10.8. The molecule has 0 bridgehead atoms. The van der Waals surface area contributed by atoms with E-state index in [-0.39, 0.29) is 6.04 Å². The second kappa shape index (κ2) is 5.83. The minimum Gasteiger partial charge on any atom is -0.338 e. The van der Waals surface area contributed by atoms with Crippen LogP contribution in [0.4, 0.5) is 0 Å². The number of piperidine rings is 1. The third-order valence-corrected chi connectivity index (χ3v) is 4.88. The molecule has 3 heterocycles. The molecule has 1 saturated heterocycles. The average Bonchev–Trinajstić information content (AvgIpc) is 3.06.